The smallest absolute Gasteiger partial charge is 0.00624 e. The van der Waals surface area contributed by atoms with E-state index in [1.54, 1.807) is 0 Å². The minimum atomic E-state index is 0.891. The van der Waals surface area contributed by atoms with Crippen molar-refractivity contribution < 1.29 is 0 Å². The van der Waals surface area contributed by atoms with Crippen molar-refractivity contribution in [3.63, 3.8) is 0 Å². The van der Waals surface area contributed by atoms with Gasteiger partial charge < -0.3 is 0 Å². The normalized spacial score (nSPS) is 16.8. The zero-order valence-electron chi connectivity index (χ0n) is 6.74. The van der Waals surface area contributed by atoms with E-state index in [9.17, 15) is 0 Å². The summed E-state index contributed by atoms with van der Waals surface area (Å²) in [6, 6.07) is 0. The van der Waals surface area contributed by atoms with Crippen molar-refractivity contribution in [2.75, 3.05) is 9.76 Å². The van der Waals surface area contributed by atoms with Crippen molar-refractivity contribution in [2.45, 2.75) is 26.7 Å². The molecule has 0 amide bonds. The molecule has 0 aromatic heterocycles. The van der Waals surface area contributed by atoms with E-state index in [4.69, 9.17) is 0 Å². The second-order valence-corrected chi connectivity index (χ2v) is 4.17. The first-order valence-corrected chi connectivity index (χ1v) is 6.56. The Balaban J connectivity index is 3.70. The molecule has 0 saturated carbocycles. The summed E-state index contributed by atoms with van der Waals surface area (Å²) in [5.74, 6) is 1.81. The summed E-state index contributed by atoms with van der Waals surface area (Å²) in [6.45, 7) is 4.57. The number of halogens is 2. The molecule has 0 aliphatic rings. The molecule has 0 aliphatic heterocycles. The maximum absolute atomic E-state index is 3.55. The monoisotopic (exact) mass is 318 g/mol. The first-order chi connectivity index (χ1) is 4.79. The molecule has 0 aromatic carbocycles. The number of alkyl halides is 2. The summed E-state index contributed by atoms with van der Waals surface area (Å²) >= 11 is 6.05. The van der Waals surface area contributed by atoms with E-state index in [-0.39, 0.29) is 0 Å². The quantitative estimate of drug-likeness (QED) is 0.533. The Hall–Kier alpha value is 1.21. The average molecular weight is 319 g/mol. The zero-order valence-corrected chi connectivity index (χ0v) is 10.5. The highest BCUT2D eigenvalue weighted by atomic mass is 127. The van der Waals surface area contributed by atoms with Gasteiger partial charge in [0, 0.05) is 9.76 Å². The van der Waals surface area contributed by atoms with E-state index >= 15 is 0 Å². The molecule has 0 saturated heterocycles. The molecule has 0 aliphatic carbocycles. The Morgan fingerprint density at radius 2 is 1.70 bits per heavy atom. The second kappa shape index (κ2) is 6.89. The molecule has 0 spiro atoms. The van der Waals surface area contributed by atoms with Gasteiger partial charge in [0.1, 0.15) is 0 Å². The standard InChI is InChI=1S/C8H16BrI/c1-3-7(5-9)8(4-2)6-10/h7-8H,3-6H2,1-2H3. The predicted molar refractivity (Wildman–Crippen MR) is 60.2 cm³/mol. The third kappa shape index (κ3) is 3.56. The number of hydrogen-bond donors (Lipinski definition) is 0. The number of hydrogen-bond acceptors (Lipinski definition) is 0. The van der Waals surface area contributed by atoms with Crippen LogP contribution in [0.3, 0.4) is 0 Å². The summed E-state index contributed by atoms with van der Waals surface area (Å²) in [5.41, 5.74) is 0. The average Bonchev–Trinajstić information content (AvgIpc) is 2.00. The van der Waals surface area contributed by atoms with Crippen molar-refractivity contribution in [1.29, 1.82) is 0 Å². The fourth-order valence-electron chi connectivity index (χ4n) is 1.14. The third-order valence-corrected chi connectivity index (χ3v) is 4.07. The minimum Gasteiger partial charge on any atom is -0.0925 e. The summed E-state index contributed by atoms with van der Waals surface area (Å²) in [4.78, 5) is 0. The molecule has 0 heterocycles. The van der Waals surface area contributed by atoms with Gasteiger partial charge in [0.05, 0.1) is 0 Å². The molecule has 0 fully saturated rings. The summed E-state index contributed by atoms with van der Waals surface area (Å²) in [6.07, 6.45) is 2.64. The molecular formula is C8H16BrI. The van der Waals surface area contributed by atoms with Gasteiger partial charge in [-0.25, -0.2) is 0 Å². The molecule has 2 atom stereocenters. The molecule has 2 unspecified atom stereocenters. The van der Waals surface area contributed by atoms with E-state index in [2.05, 4.69) is 52.4 Å². The predicted octanol–water partition coefficient (Wildman–Crippen LogP) is 3.87. The maximum atomic E-state index is 3.55. The van der Waals surface area contributed by atoms with E-state index in [0.29, 0.717) is 0 Å². The van der Waals surface area contributed by atoms with Crippen LogP contribution in [0.5, 0.6) is 0 Å². The molecule has 62 valence electrons. The van der Waals surface area contributed by atoms with Gasteiger partial charge in [0.2, 0.25) is 0 Å². The number of rotatable bonds is 5. The van der Waals surface area contributed by atoms with Crippen LogP contribution in [-0.2, 0) is 0 Å². The lowest BCUT2D eigenvalue weighted by atomic mass is 9.92. The molecule has 0 nitrogen and oxygen atoms in total. The van der Waals surface area contributed by atoms with Crippen LogP contribution >= 0.6 is 38.5 Å². The highest BCUT2D eigenvalue weighted by molar-refractivity contribution is 14.1. The molecule has 10 heavy (non-hydrogen) atoms. The van der Waals surface area contributed by atoms with Crippen LogP contribution in [0.4, 0.5) is 0 Å². The fourth-order valence-corrected chi connectivity index (χ4v) is 3.47. The molecule has 0 bridgehead atoms. The van der Waals surface area contributed by atoms with Crippen LogP contribution in [0.25, 0.3) is 0 Å². The van der Waals surface area contributed by atoms with Gasteiger partial charge in [-0.3, -0.25) is 0 Å². The molecule has 0 N–H and O–H groups in total. The van der Waals surface area contributed by atoms with Crippen LogP contribution in [0.2, 0.25) is 0 Å². The van der Waals surface area contributed by atoms with E-state index in [1.807, 2.05) is 0 Å². The van der Waals surface area contributed by atoms with E-state index in [0.717, 1.165) is 11.8 Å². The highest BCUT2D eigenvalue weighted by Crippen LogP contribution is 2.23. The zero-order chi connectivity index (χ0) is 7.98. The topological polar surface area (TPSA) is 0 Å². The van der Waals surface area contributed by atoms with Crippen molar-refractivity contribution in [1.82, 2.24) is 0 Å². The van der Waals surface area contributed by atoms with Gasteiger partial charge in [0.25, 0.3) is 0 Å². The lowest BCUT2D eigenvalue weighted by molar-refractivity contribution is 0.386. The fraction of sp³-hybridized carbons (Fsp3) is 1.00. The van der Waals surface area contributed by atoms with Crippen LogP contribution in [0.1, 0.15) is 26.7 Å². The summed E-state index contributed by atoms with van der Waals surface area (Å²) < 4.78 is 1.30. The summed E-state index contributed by atoms with van der Waals surface area (Å²) in [7, 11) is 0. The molecular weight excluding hydrogens is 303 g/mol. The Kier molecular flexibility index (Phi) is 7.73. The van der Waals surface area contributed by atoms with Gasteiger partial charge in [-0.1, -0.05) is 65.2 Å². The van der Waals surface area contributed by atoms with Crippen LogP contribution in [0.15, 0.2) is 0 Å². The summed E-state index contributed by atoms with van der Waals surface area (Å²) in [5, 5.41) is 1.17. The van der Waals surface area contributed by atoms with Gasteiger partial charge in [-0.15, -0.1) is 0 Å². The van der Waals surface area contributed by atoms with Crippen LogP contribution < -0.4 is 0 Å². The highest BCUT2D eigenvalue weighted by Gasteiger charge is 2.14. The SMILES string of the molecule is CCC(CBr)C(CC)CI. The van der Waals surface area contributed by atoms with Crippen LogP contribution in [0, 0.1) is 11.8 Å². The first-order valence-electron chi connectivity index (χ1n) is 3.92. The molecule has 0 radical (unpaired) electrons. The third-order valence-electron chi connectivity index (χ3n) is 2.11. The van der Waals surface area contributed by atoms with Gasteiger partial charge >= 0.3 is 0 Å². The van der Waals surface area contributed by atoms with Crippen LogP contribution in [-0.4, -0.2) is 9.76 Å². The Labute approximate surface area is 86.4 Å². The van der Waals surface area contributed by atoms with E-state index in [1.165, 1.54) is 22.6 Å². The van der Waals surface area contributed by atoms with Crippen molar-refractivity contribution in [3.8, 4) is 0 Å². The van der Waals surface area contributed by atoms with Crippen molar-refractivity contribution in [2.24, 2.45) is 11.8 Å². The lowest BCUT2D eigenvalue weighted by Gasteiger charge is -2.20. The van der Waals surface area contributed by atoms with E-state index < -0.39 is 0 Å². The van der Waals surface area contributed by atoms with Crippen molar-refractivity contribution in [3.05, 3.63) is 0 Å². The maximum Gasteiger partial charge on any atom is 0.00624 e. The largest absolute Gasteiger partial charge is 0.0925 e. The molecule has 0 rings (SSSR count). The van der Waals surface area contributed by atoms with Gasteiger partial charge in [0.15, 0.2) is 0 Å². The van der Waals surface area contributed by atoms with Gasteiger partial charge in [-0.2, -0.15) is 0 Å². The Morgan fingerprint density at radius 1 is 1.20 bits per heavy atom. The lowest BCUT2D eigenvalue weighted by Crippen LogP contribution is -2.15. The second-order valence-electron chi connectivity index (χ2n) is 2.65. The van der Waals surface area contributed by atoms with Gasteiger partial charge in [-0.05, 0) is 11.8 Å². The molecule has 2 heteroatoms. The minimum absolute atomic E-state index is 0.891. The Bertz CT molecular complexity index is 57.7. The van der Waals surface area contributed by atoms with Crippen molar-refractivity contribution >= 4 is 38.5 Å². The first kappa shape index (κ1) is 11.2. The Morgan fingerprint density at radius 3 is 1.80 bits per heavy atom. The molecule has 0 aromatic rings.